The van der Waals surface area contributed by atoms with Crippen molar-refractivity contribution >= 4 is 0 Å². The molecular formula is C9H12FNO. The minimum Gasteiger partial charge on any atom is -0.394 e. The van der Waals surface area contributed by atoms with Gasteiger partial charge in [0.05, 0.1) is 12.1 Å². The van der Waals surface area contributed by atoms with Crippen LogP contribution in [0.25, 0.3) is 0 Å². The molecule has 0 saturated carbocycles. The second-order valence-electron chi connectivity index (χ2n) is 3.06. The van der Waals surface area contributed by atoms with Crippen molar-refractivity contribution in [3.8, 4) is 0 Å². The number of benzene rings is 1. The molecule has 2 nitrogen and oxygen atoms in total. The van der Waals surface area contributed by atoms with Gasteiger partial charge in [0.1, 0.15) is 5.82 Å². The van der Waals surface area contributed by atoms with Crippen molar-refractivity contribution in [2.45, 2.75) is 12.5 Å². The summed E-state index contributed by atoms with van der Waals surface area (Å²) in [6.45, 7) is 1.32. The fourth-order valence-electron chi connectivity index (χ4n) is 1.01. The highest BCUT2D eigenvalue weighted by atomic mass is 19.1. The van der Waals surface area contributed by atoms with E-state index in [-0.39, 0.29) is 12.4 Å². The van der Waals surface area contributed by atoms with E-state index in [1.54, 1.807) is 25.1 Å². The van der Waals surface area contributed by atoms with Gasteiger partial charge in [-0.2, -0.15) is 0 Å². The monoisotopic (exact) mass is 169 g/mol. The van der Waals surface area contributed by atoms with E-state index in [9.17, 15) is 4.39 Å². The van der Waals surface area contributed by atoms with E-state index in [0.717, 1.165) is 0 Å². The van der Waals surface area contributed by atoms with Crippen LogP contribution in [0.4, 0.5) is 4.39 Å². The van der Waals surface area contributed by atoms with Crippen molar-refractivity contribution in [3.63, 3.8) is 0 Å². The zero-order valence-corrected chi connectivity index (χ0v) is 6.92. The molecule has 1 rings (SSSR count). The second kappa shape index (κ2) is 3.21. The fourth-order valence-corrected chi connectivity index (χ4v) is 1.01. The third-order valence-electron chi connectivity index (χ3n) is 1.82. The molecule has 0 saturated heterocycles. The van der Waals surface area contributed by atoms with Crippen LogP contribution < -0.4 is 5.73 Å². The van der Waals surface area contributed by atoms with E-state index in [0.29, 0.717) is 5.56 Å². The van der Waals surface area contributed by atoms with Crippen LogP contribution in [0.15, 0.2) is 24.3 Å². The van der Waals surface area contributed by atoms with E-state index < -0.39 is 5.54 Å². The first-order valence-electron chi connectivity index (χ1n) is 3.72. The molecule has 0 radical (unpaired) electrons. The van der Waals surface area contributed by atoms with Crippen molar-refractivity contribution in [2.24, 2.45) is 5.73 Å². The molecule has 1 atom stereocenters. The standard InChI is InChI=1S/C9H12FNO/c1-9(11,6-12)7-4-2-3-5-8(7)10/h2-5,12H,6,11H2,1H3. The van der Waals surface area contributed by atoms with Crippen molar-refractivity contribution in [1.82, 2.24) is 0 Å². The van der Waals surface area contributed by atoms with E-state index in [4.69, 9.17) is 10.8 Å². The Bertz CT molecular complexity index is 273. The maximum atomic E-state index is 13.1. The van der Waals surface area contributed by atoms with E-state index >= 15 is 0 Å². The van der Waals surface area contributed by atoms with Gasteiger partial charge in [-0.15, -0.1) is 0 Å². The zero-order chi connectivity index (χ0) is 9.19. The highest BCUT2D eigenvalue weighted by Crippen LogP contribution is 2.19. The van der Waals surface area contributed by atoms with Crippen LogP contribution in [0.2, 0.25) is 0 Å². The highest BCUT2D eigenvalue weighted by Gasteiger charge is 2.22. The van der Waals surface area contributed by atoms with Gasteiger partial charge >= 0.3 is 0 Å². The summed E-state index contributed by atoms with van der Waals surface area (Å²) < 4.78 is 13.1. The number of hydrogen-bond donors (Lipinski definition) is 2. The van der Waals surface area contributed by atoms with Crippen molar-refractivity contribution in [1.29, 1.82) is 0 Å². The maximum Gasteiger partial charge on any atom is 0.128 e. The SMILES string of the molecule is CC(N)(CO)c1ccccc1F. The van der Waals surface area contributed by atoms with Crippen LogP contribution in [-0.2, 0) is 5.54 Å². The molecule has 0 aromatic heterocycles. The molecule has 0 bridgehead atoms. The molecule has 66 valence electrons. The normalized spacial score (nSPS) is 15.7. The highest BCUT2D eigenvalue weighted by molar-refractivity contribution is 5.24. The average Bonchev–Trinajstić information content (AvgIpc) is 2.05. The number of aliphatic hydroxyl groups is 1. The van der Waals surface area contributed by atoms with Crippen LogP contribution in [0.1, 0.15) is 12.5 Å². The third-order valence-corrected chi connectivity index (χ3v) is 1.82. The van der Waals surface area contributed by atoms with Crippen LogP contribution in [0, 0.1) is 5.82 Å². The Labute approximate surface area is 70.8 Å². The van der Waals surface area contributed by atoms with Gasteiger partial charge in [-0.05, 0) is 13.0 Å². The molecule has 0 fully saturated rings. The van der Waals surface area contributed by atoms with Crippen LogP contribution in [0.3, 0.4) is 0 Å². The Kier molecular flexibility index (Phi) is 2.45. The van der Waals surface area contributed by atoms with Gasteiger partial charge in [0.25, 0.3) is 0 Å². The van der Waals surface area contributed by atoms with Gasteiger partial charge in [-0.1, -0.05) is 18.2 Å². The Balaban J connectivity index is 3.10. The molecular weight excluding hydrogens is 157 g/mol. The van der Waals surface area contributed by atoms with Gasteiger partial charge in [-0.25, -0.2) is 4.39 Å². The molecule has 3 N–H and O–H groups in total. The summed E-state index contributed by atoms with van der Waals surface area (Å²) in [6, 6.07) is 6.19. The first kappa shape index (κ1) is 9.16. The number of aliphatic hydroxyl groups excluding tert-OH is 1. The molecule has 0 heterocycles. The first-order valence-corrected chi connectivity index (χ1v) is 3.72. The number of halogens is 1. The number of hydrogen-bond acceptors (Lipinski definition) is 2. The van der Waals surface area contributed by atoms with Crippen molar-refractivity contribution in [3.05, 3.63) is 35.6 Å². The minimum atomic E-state index is -0.995. The Hall–Kier alpha value is -0.930. The average molecular weight is 169 g/mol. The summed E-state index contributed by atoms with van der Waals surface area (Å²) >= 11 is 0. The Morgan fingerprint density at radius 3 is 2.58 bits per heavy atom. The van der Waals surface area contributed by atoms with Crippen molar-refractivity contribution in [2.75, 3.05) is 6.61 Å². The van der Waals surface area contributed by atoms with Gasteiger partial charge in [-0.3, -0.25) is 0 Å². The summed E-state index contributed by atoms with van der Waals surface area (Å²) in [5.74, 6) is -0.378. The molecule has 0 aliphatic rings. The summed E-state index contributed by atoms with van der Waals surface area (Å²) in [6.07, 6.45) is 0. The quantitative estimate of drug-likeness (QED) is 0.693. The molecule has 1 aromatic carbocycles. The van der Waals surface area contributed by atoms with E-state index in [1.807, 2.05) is 0 Å². The Morgan fingerprint density at radius 2 is 2.08 bits per heavy atom. The van der Waals surface area contributed by atoms with E-state index in [2.05, 4.69) is 0 Å². The first-order chi connectivity index (χ1) is 5.58. The molecule has 3 heteroatoms. The number of rotatable bonds is 2. The minimum absolute atomic E-state index is 0.270. The van der Waals surface area contributed by atoms with Gasteiger partial charge < -0.3 is 10.8 Å². The fraction of sp³-hybridized carbons (Fsp3) is 0.333. The maximum absolute atomic E-state index is 13.1. The molecule has 0 aliphatic heterocycles. The smallest absolute Gasteiger partial charge is 0.128 e. The molecule has 0 aliphatic carbocycles. The molecule has 0 amide bonds. The summed E-state index contributed by atoms with van der Waals surface area (Å²) in [5.41, 5.74) is 4.99. The van der Waals surface area contributed by atoms with Gasteiger partial charge in [0, 0.05) is 5.56 Å². The summed E-state index contributed by atoms with van der Waals surface area (Å²) in [5, 5.41) is 8.88. The third kappa shape index (κ3) is 1.62. The lowest BCUT2D eigenvalue weighted by Gasteiger charge is -2.22. The summed E-state index contributed by atoms with van der Waals surface area (Å²) in [7, 11) is 0. The van der Waals surface area contributed by atoms with Crippen LogP contribution in [0.5, 0.6) is 0 Å². The van der Waals surface area contributed by atoms with Gasteiger partial charge in [0.15, 0.2) is 0 Å². The molecule has 12 heavy (non-hydrogen) atoms. The predicted octanol–water partition coefficient (Wildman–Crippen LogP) is 0.992. The second-order valence-corrected chi connectivity index (χ2v) is 3.06. The van der Waals surface area contributed by atoms with E-state index in [1.165, 1.54) is 6.07 Å². The molecule has 1 aromatic rings. The Morgan fingerprint density at radius 1 is 1.50 bits per heavy atom. The lowest BCUT2D eigenvalue weighted by atomic mass is 9.94. The number of nitrogens with two attached hydrogens (primary N) is 1. The van der Waals surface area contributed by atoms with Crippen LogP contribution in [-0.4, -0.2) is 11.7 Å². The zero-order valence-electron chi connectivity index (χ0n) is 6.92. The predicted molar refractivity (Wildman–Crippen MR) is 45.0 cm³/mol. The lowest BCUT2D eigenvalue weighted by molar-refractivity contribution is 0.206. The largest absolute Gasteiger partial charge is 0.394 e. The molecule has 1 unspecified atom stereocenters. The van der Waals surface area contributed by atoms with Crippen molar-refractivity contribution < 1.29 is 9.50 Å². The summed E-state index contributed by atoms with van der Waals surface area (Å²) in [4.78, 5) is 0. The lowest BCUT2D eigenvalue weighted by Crippen LogP contribution is -2.37. The van der Waals surface area contributed by atoms with Crippen LogP contribution >= 0.6 is 0 Å². The topological polar surface area (TPSA) is 46.2 Å². The molecule has 0 spiro atoms. The van der Waals surface area contributed by atoms with Gasteiger partial charge in [0.2, 0.25) is 0 Å².